The number of nitrogens with one attached hydrogen (secondary N) is 2. The number of H-pyrrole nitrogens is 1. The van der Waals surface area contributed by atoms with Crippen LogP contribution in [0, 0.1) is 5.92 Å². The minimum absolute atomic E-state index is 0.0118. The van der Waals surface area contributed by atoms with Gasteiger partial charge < -0.3 is 25.7 Å². The number of benzene rings is 2. The summed E-state index contributed by atoms with van der Waals surface area (Å²) in [5.41, 5.74) is 8.82. The van der Waals surface area contributed by atoms with Gasteiger partial charge in [-0.1, -0.05) is 0 Å². The molecule has 1 amide bonds. The van der Waals surface area contributed by atoms with Gasteiger partial charge in [-0.05, 0) is 61.4 Å². The summed E-state index contributed by atoms with van der Waals surface area (Å²) in [4.78, 5) is 28.9. The minimum Gasteiger partial charge on any atom is -0.497 e. The number of aromatic amines is 1. The van der Waals surface area contributed by atoms with Crippen molar-refractivity contribution in [2.24, 2.45) is 11.7 Å². The van der Waals surface area contributed by atoms with Crippen molar-refractivity contribution >= 4 is 28.2 Å². The highest BCUT2D eigenvalue weighted by atomic mass is 16.5. The van der Waals surface area contributed by atoms with E-state index in [0.717, 1.165) is 54.0 Å². The largest absolute Gasteiger partial charge is 0.497 e. The first-order chi connectivity index (χ1) is 14.5. The zero-order chi connectivity index (χ0) is 21.1. The molecule has 7 nitrogen and oxygen atoms in total. The third kappa shape index (κ3) is 4.25. The van der Waals surface area contributed by atoms with Crippen LogP contribution in [0.5, 0.6) is 5.75 Å². The van der Waals surface area contributed by atoms with Crippen LogP contribution in [-0.2, 0) is 11.3 Å². The average Bonchev–Trinajstić information content (AvgIpc) is 2.78. The molecule has 1 saturated heterocycles. The Kier molecular flexibility index (Phi) is 5.61. The molecule has 7 heteroatoms. The van der Waals surface area contributed by atoms with E-state index < -0.39 is 0 Å². The Labute approximate surface area is 174 Å². The molecule has 0 saturated carbocycles. The second-order valence-corrected chi connectivity index (χ2v) is 7.64. The first kappa shape index (κ1) is 19.8. The molecule has 2 heterocycles. The maximum absolute atomic E-state index is 12.4. The van der Waals surface area contributed by atoms with Gasteiger partial charge in [-0.3, -0.25) is 9.59 Å². The third-order valence-electron chi connectivity index (χ3n) is 5.74. The fourth-order valence-electron chi connectivity index (χ4n) is 3.90. The van der Waals surface area contributed by atoms with Gasteiger partial charge in [0.25, 0.3) is 5.56 Å². The number of nitrogens with two attached hydrogens (primary N) is 1. The number of methoxy groups -OCH3 is 1. The highest BCUT2D eigenvalue weighted by Crippen LogP contribution is 2.25. The summed E-state index contributed by atoms with van der Waals surface area (Å²) in [5.74, 6) is 0.544. The number of carbonyl (C=O) groups is 1. The van der Waals surface area contributed by atoms with Crippen LogP contribution < -0.4 is 26.2 Å². The number of carbonyl (C=O) groups excluding carboxylic acids is 1. The molecule has 30 heavy (non-hydrogen) atoms. The van der Waals surface area contributed by atoms with E-state index in [1.165, 1.54) is 0 Å². The number of anilines is 2. The van der Waals surface area contributed by atoms with Crippen LogP contribution in [0.15, 0.2) is 53.3 Å². The van der Waals surface area contributed by atoms with E-state index in [4.69, 9.17) is 10.5 Å². The predicted octanol–water partition coefficient (Wildman–Crippen LogP) is 2.85. The molecule has 3 aromatic rings. The van der Waals surface area contributed by atoms with Crippen LogP contribution in [0.1, 0.15) is 18.4 Å². The quantitative estimate of drug-likeness (QED) is 0.584. The Hall–Kier alpha value is -3.48. The number of amides is 1. The Morgan fingerprint density at radius 2 is 1.90 bits per heavy atom. The minimum atomic E-state index is -0.198. The number of primary amides is 1. The van der Waals surface area contributed by atoms with Crippen LogP contribution in [0.3, 0.4) is 0 Å². The molecular formula is C23H26N4O3. The van der Waals surface area contributed by atoms with Gasteiger partial charge in [-0.25, -0.2) is 0 Å². The Morgan fingerprint density at radius 1 is 1.17 bits per heavy atom. The predicted molar refractivity (Wildman–Crippen MR) is 119 cm³/mol. The molecule has 1 aromatic heterocycles. The van der Waals surface area contributed by atoms with E-state index in [2.05, 4.69) is 27.3 Å². The molecule has 4 N–H and O–H groups in total. The molecule has 0 bridgehead atoms. The van der Waals surface area contributed by atoms with Gasteiger partial charge in [0.2, 0.25) is 5.91 Å². The van der Waals surface area contributed by atoms with Crippen molar-refractivity contribution in [2.45, 2.75) is 19.4 Å². The molecule has 2 aromatic carbocycles. The second-order valence-electron chi connectivity index (χ2n) is 7.64. The molecule has 4 rings (SSSR count). The van der Waals surface area contributed by atoms with Crippen LogP contribution >= 0.6 is 0 Å². The Morgan fingerprint density at radius 3 is 2.57 bits per heavy atom. The van der Waals surface area contributed by atoms with Crippen molar-refractivity contribution in [3.63, 3.8) is 0 Å². The van der Waals surface area contributed by atoms with Gasteiger partial charge in [0, 0.05) is 53.4 Å². The molecule has 1 fully saturated rings. The van der Waals surface area contributed by atoms with Gasteiger partial charge in [0.05, 0.1) is 7.11 Å². The summed E-state index contributed by atoms with van der Waals surface area (Å²) < 4.78 is 5.27. The number of aromatic nitrogens is 1. The number of hydrogen-bond acceptors (Lipinski definition) is 5. The van der Waals surface area contributed by atoms with E-state index in [0.29, 0.717) is 12.1 Å². The first-order valence-corrected chi connectivity index (χ1v) is 10.1. The third-order valence-corrected chi connectivity index (χ3v) is 5.74. The lowest BCUT2D eigenvalue weighted by Gasteiger charge is -2.32. The summed E-state index contributed by atoms with van der Waals surface area (Å²) in [6, 6.07) is 15.6. The summed E-state index contributed by atoms with van der Waals surface area (Å²) in [5, 5.41) is 4.25. The van der Waals surface area contributed by atoms with Crippen LogP contribution in [-0.4, -0.2) is 31.1 Å². The van der Waals surface area contributed by atoms with E-state index in [9.17, 15) is 9.59 Å². The zero-order valence-electron chi connectivity index (χ0n) is 17.0. The summed E-state index contributed by atoms with van der Waals surface area (Å²) in [6.07, 6.45) is 1.59. The van der Waals surface area contributed by atoms with Crippen LogP contribution in [0.2, 0.25) is 0 Å². The summed E-state index contributed by atoms with van der Waals surface area (Å²) in [7, 11) is 1.62. The van der Waals surface area contributed by atoms with Crippen molar-refractivity contribution < 1.29 is 9.53 Å². The number of nitrogens with zero attached hydrogens (tertiary/aromatic N) is 1. The van der Waals surface area contributed by atoms with E-state index in [-0.39, 0.29) is 17.4 Å². The molecule has 0 unspecified atom stereocenters. The zero-order valence-corrected chi connectivity index (χ0v) is 17.0. The van der Waals surface area contributed by atoms with Gasteiger partial charge in [0.15, 0.2) is 0 Å². The SMILES string of the molecule is COc1ccc2[nH]c(=O)c(CNc3ccc(N4CCC(C(N)=O)CC4)cc3)cc2c1. The highest BCUT2D eigenvalue weighted by Gasteiger charge is 2.23. The first-order valence-electron chi connectivity index (χ1n) is 10.1. The summed E-state index contributed by atoms with van der Waals surface area (Å²) in [6.45, 7) is 2.08. The molecular weight excluding hydrogens is 380 g/mol. The van der Waals surface area contributed by atoms with Crippen molar-refractivity contribution in [1.82, 2.24) is 4.98 Å². The van der Waals surface area contributed by atoms with Gasteiger partial charge >= 0.3 is 0 Å². The van der Waals surface area contributed by atoms with Gasteiger partial charge in [0.1, 0.15) is 5.75 Å². The molecule has 156 valence electrons. The monoisotopic (exact) mass is 406 g/mol. The van der Waals surface area contributed by atoms with Crippen molar-refractivity contribution in [3.8, 4) is 5.75 Å². The smallest absolute Gasteiger partial charge is 0.253 e. The lowest BCUT2D eigenvalue weighted by atomic mass is 9.96. The topological polar surface area (TPSA) is 100 Å². The van der Waals surface area contributed by atoms with E-state index in [1.54, 1.807) is 7.11 Å². The molecule has 1 aliphatic heterocycles. The normalized spacial score (nSPS) is 14.6. The van der Waals surface area contributed by atoms with Crippen LogP contribution in [0.25, 0.3) is 10.9 Å². The number of pyridine rings is 1. The standard InChI is InChI=1S/C23H26N4O3/c1-30-20-6-7-21-16(13-20)12-17(23(29)26-21)14-25-18-2-4-19(5-3-18)27-10-8-15(9-11-27)22(24)28/h2-7,12-13,15,25H,8-11,14H2,1H3,(H2,24,28)(H,26,29). The number of rotatable bonds is 6. The molecule has 0 spiro atoms. The van der Waals surface area contributed by atoms with Crippen molar-refractivity contribution in [2.75, 3.05) is 30.4 Å². The number of hydrogen-bond donors (Lipinski definition) is 3. The fraction of sp³-hybridized carbons (Fsp3) is 0.304. The maximum Gasteiger partial charge on any atom is 0.253 e. The average molecular weight is 406 g/mol. The van der Waals surface area contributed by atoms with Crippen molar-refractivity contribution in [3.05, 3.63) is 64.4 Å². The second kappa shape index (κ2) is 8.49. The Bertz CT molecular complexity index is 1100. The summed E-state index contributed by atoms with van der Waals surface area (Å²) >= 11 is 0. The van der Waals surface area contributed by atoms with Gasteiger partial charge in [-0.2, -0.15) is 0 Å². The number of ether oxygens (including phenoxy) is 1. The fourth-order valence-corrected chi connectivity index (χ4v) is 3.90. The highest BCUT2D eigenvalue weighted by molar-refractivity contribution is 5.80. The van der Waals surface area contributed by atoms with E-state index in [1.807, 2.05) is 36.4 Å². The van der Waals surface area contributed by atoms with Gasteiger partial charge in [-0.15, -0.1) is 0 Å². The van der Waals surface area contributed by atoms with Crippen LogP contribution in [0.4, 0.5) is 11.4 Å². The number of piperidine rings is 1. The molecule has 1 aliphatic rings. The maximum atomic E-state index is 12.4. The molecule has 0 atom stereocenters. The lowest BCUT2D eigenvalue weighted by Crippen LogP contribution is -2.38. The number of fused-ring (bicyclic) bond motifs is 1. The lowest BCUT2D eigenvalue weighted by molar-refractivity contribution is -0.122. The molecule has 0 aliphatic carbocycles. The van der Waals surface area contributed by atoms with Crippen molar-refractivity contribution in [1.29, 1.82) is 0 Å². The Balaban J connectivity index is 1.41. The van der Waals surface area contributed by atoms with E-state index >= 15 is 0 Å². The molecule has 0 radical (unpaired) electrons.